The number of hydrogen-bond acceptors (Lipinski definition) is 6. The van der Waals surface area contributed by atoms with Crippen LogP contribution in [0.5, 0.6) is 0 Å². The van der Waals surface area contributed by atoms with E-state index in [2.05, 4.69) is 30.9 Å². The van der Waals surface area contributed by atoms with Gasteiger partial charge in [0.25, 0.3) is 0 Å². The fraction of sp³-hybridized carbons (Fsp3) is 0.200. The molecule has 1 aliphatic rings. The minimum atomic E-state index is -0.563. The molecular weight excluding hydrogens is 673 g/mol. The summed E-state index contributed by atoms with van der Waals surface area (Å²) < 4.78 is 0. The number of nitrogens with one attached hydrogen (secondary N) is 3. The molecule has 9 heteroatoms. The topological polar surface area (TPSA) is 126 Å². The van der Waals surface area contributed by atoms with Crippen molar-refractivity contribution in [3.63, 3.8) is 0 Å². The van der Waals surface area contributed by atoms with Crippen molar-refractivity contribution in [3.05, 3.63) is 144 Å². The average Bonchev–Trinajstić information content (AvgIpc) is 3.19. The molecule has 0 radical (unpaired) electrons. The lowest BCUT2D eigenvalue weighted by molar-refractivity contribution is -0.129. The molecule has 0 atom stereocenters. The van der Waals surface area contributed by atoms with Gasteiger partial charge in [-0.15, -0.1) is 0 Å². The van der Waals surface area contributed by atoms with Gasteiger partial charge in [-0.2, -0.15) is 0 Å². The number of carbonyl (C=O) groups excluding carboxylic acids is 3. The van der Waals surface area contributed by atoms with E-state index < -0.39 is 17.8 Å². The lowest BCUT2D eigenvalue weighted by atomic mass is 9.74. The van der Waals surface area contributed by atoms with E-state index in [0.717, 1.165) is 50.5 Å². The maximum Gasteiger partial charge on any atom is 0.227 e. The number of aryl methyl sites for hydroxylation is 3. The predicted octanol–water partition coefficient (Wildman–Crippen LogP) is 9.05. The third kappa shape index (κ3) is 8.26. The fourth-order valence-corrected chi connectivity index (χ4v) is 7.19. The van der Waals surface area contributed by atoms with Crippen LogP contribution in [0.25, 0.3) is 33.8 Å². The Morgan fingerprint density at radius 2 is 0.685 bits per heavy atom. The molecule has 6 aromatic rings. The molecule has 0 aliphatic heterocycles. The van der Waals surface area contributed by atoms with Crippen LogP contribution >= 0.6 is 0 Å². The molecule has 3 N–H and O–H groups in total. The van der Waals surface area contributed by atoms with Gasteiger partial charge in [0.15, 0.2) is 0 Å². The maximum absolute atomic E-state index is 13.8. The van der Waals surface area contributed by atoms with Crippen LogP contribution in [0.4, 0.5) is 17.1 Å². The molecule has 0 saturated heterocycles. The van der Waals surface area contributed by atoms with Crippen molar-refractivity contribution < 1.29 is 14.4 Å². The molecule has 1 aliphatic carbocycles. The van der Waals surface area contributed by atoms with Crippen molar-refractivity contribution in [2.45, 2.75) is 40.0 Å². The molecule has 3 amide bonds. The number of anilines is 3. The first-order valence-corrected chi connectivity index (χ1v) is 18.2. The number of amides is 3. The summed E-state index contributed by atoms with van der Waals surface area (Å²) in [5.41, 5.74) is 10.6. The highest BCUT2D eigenvalue weighted by Crippen LogP contribution is 2.36. The van der Waals surface area contributed by atoms with Crippen molar-refractivity contribution in [1.82, 2.24) is 15.0 Å². The van der Waals surface area contributed by atoms with Crippen molar-refractivity contribution in [1.29, 1.82) is 0 Å². The third-order valence-corrected chi connectivity index (χ3v) is 10.1. The van der Waals surface area contributed by atoms with Crippen molar-refractivity contribution >= 4 is 34.8 Å². The van der Waals surface area contributed by atoms with Crippen LogP contribution in [0.3, 0.4) is 0 Å². The van der Waals surface area contributed by atoms with Crippen LogP contribution in [0.1, 0.15) is 36.0 Å². The Hall–Kier alpha value is -6.48. The minimum Gasteiger partial charge on any atom is -0.326 e. The van der Waals surface area contributed by atoms with Gasteiger partial charge in [0.2, 0.25) is 17.7 Å². The van der Waals surface area contributed by atoms with Crippen molar-refractivity contribution in [2.24, 2.45) is 17.8 Å². The van der Waals surface area contributed by atoms with E-state index in [1.165, 1.54) is 0 Å². The number of nitrogens with zero attached hydrogens (tertiary/aromatic N) is 3. The van der Waals surface area contributed by atoms with Crippen LogP contribution in [-0.4, -0.2) is 32.7 Å². The Labute approximate surface area is 315 Å². The summed E-state index contributed by atoms with van der Waals surface area (Å²) >= 11 is 0. The first-order valence-electron chi connectivity index (χ1n) is 18.2. The van der Waals surface area contributed by atoms with Gasteiger partial charge in [-0.3, -0.25) is 29.3 Å². The summed E-state index contributed by atoms with van der Waals surface area (Å²) in [5.74, 6) is -2.36. The van der Waals surface area contributed by atoms with E-state index in [9.17, 15) is 14.4 Å². The fourth-order valence-electron chi connectivity index (χ4n) is 7.19. The summed E-state index contributed by atoms with van der Waals surface area (Å²) in [6, 6.07) is 34.4. The molecule has 9 nitrogen and oxygen atoms in total. The molecule has 1 saturated carbocycles. The van der Waals surface area contributed by atoms with E-state index >= 15 is 0 Å². The Morgan fingerprint density at radius 3 is 0.926 bits per heavy atom. The van der Waals surface area contributed by atoms with Crippen LogP contribution in [0.2, 0.25) is 0 Å². The van der Waals surface area contributed by atoms with E-state index in [1.807, 2.05) is 130 Å². The van der Waals surface area contributed by atoms with E-state index in [-0.39, 0.29) is 17.7 Å². The number of hydrogen-bond donors (Lipinski definition) is 3. The quantitative estimate of drug-likeness (QED) is 0.137. The second-order valence-electron chi connectivity index (χ2n) is 14.0. The van der Waals surface area contributed by atoms with Crippen LogP contribution < -0.4 is 16.0 Å². The largest absolute Gasteiger partial charge is 0.326 e. The lowest BCUT2D eigenvalue weighted by Gasteiger charge is -2.33. The van der Waals surface area contributed by atoms with E-state index in [1.54, 1.807) is 18.6 Å². The van der Waals surface area contributed by atoms with Gasteiger partial charge >= 0.3 is 0 Å². The normalized spacial score (nSPS) is 16.6. The summed E-state index contributed by atoms with van der Waals surface area (Å²) in [4.78, 5) is 55.0. The molecule has 54 heavy (non-hydrogen) atoms. The maximum atomic E-state index is 13.8. The van der Waals surface area contributed by atoms with E-state index in [4.69, 9.17) is 0 Å². The highest BCUT2D eigenvalue weighted by molar-refractivity contribution is 5.98. The number of benzene rings is 3. The number of pyridine rings is 3. The molecule has 3 heterocycles. The summed E-state index contributed by atoms with van der Waals surface area (Å²) in [7, 11) is 0. The van der Waals surface area contributed by atoms with Gasteiger partial charge in [-0.05, 0) is 111 Å². The highest BCUT2D eigenvalue weighted by Gasteiger charge is 2.39. The van der Waals surface area contributed by atoms with Gasteiger partial charge in [0.05, 0.1) is 17.1 Å². The lowest BCUT2D eigenvalue weighted by Crippen LogP contribution is -2.40. The second kappa shape index (κ2) is 16.0. The highest BCUT2D eigenvalue weighted by atomic mass is 16.2. The standard InChI is InChI=1S/C45H42N6O3/c1-28-7-4-22-46-40(28)31-10-16-37(17-11-31)49-43(52)34-25-35(44(53)50-38-18-12-32(13-19-38)41-29(2)8-5-23-47-41)27-36(26-34)45(54)51-39-20-14-33(15-21-39)42-30(3)9-6-24-48-42/h4-24,34-36H,25-27H2,1-3H3,(H,49,52)(H,50,53)(H,51,54). The number of aromatic nitrogens is 3. The summed E-state index contributed by atoms with van der Waals surface area (Å²) in [6.45, 7) is 6.03. The third-order valence-electron chi connectivity index (χ3n) is 10.1. The number of rotatable bonds is 9. The Morgan fingerprint density at radius 1 is 0.426 bits per heavy atom. The molecule has 3 aromatic heterocycles. The Kier molecular flexibility index (Phi) is 10.7. The average molecular weight is 715 g/mol. The van der Waals surface area contributed by atoms with Gasteiger partial charge < -0.3 is 16.0 Å². The number of carbonyl (C=O) groups is 3. The Balaban J connectivity index is 1.07. The first-order chi connectivity index (χ1) is 26.2. The molecule has 270 valence electrons. The zero-order valence-electron chi connectivity index (χ0n) is 30.5. The smallest absolute Gasteiger partial charge is 0.227 e. The first kappa shape index (κ1) is 35.9. The predicted molar refractivity (Wildman–Crippen MR) is 213 cm³/mol. The molecule has 3 aromatic carbocycles. The molecule has 7 rings (SSSR count). The molecule has 0 spiro atoms. The molecule has 0 bridgehead atoms. The van der Waals surface area contributed by atoms with Gasteiger partial charge in [0.1, 0.15) is 0 Å². The van der Waals surface area contributed by atoms with Gasteiger partial charge in [-0.1, -0.05) is 54.6 Å². The van der Waals surface area contributed by atoms with Crippen molar-refractivity contribution in [3.8, 4) is 33.8 Å². The summed E-state index contributed by atoms with van der Waals surface area (Å²) in [6.07, 6.45) is 6.23. The van der Waals surface area contributed by atoms with Crippen molar-refractivity contribution in [2.75, 3.05) is 16.0 Å². The molecule has 0 unspecified atom stereocenters. The van der Waals surface area contributed by atoms with Gasteiger partial charge in [0, 0.05) is 70.1 Å². The van der Waals surface area contributed by atoms with Gasteiger partial charge in [-0.25, -0.2) is 0 Å². The van der Waals surface area contributed by atoms with Crippen LogP contribution in [0, 0.1) is 38.5 Å². The molecule has 1 fully saturated rings. The van der Waals surface area contributed by atoms with Crippen LogP contribution in [-0.2, 0) is 14.4 Å². The minimum absolute atomic E-state index is 0.225. The zero-order valence-corrected chi connectivity index (χ0v) is 30.5. The zero-order chi connectivity index (χ0) is 37.6. The second-order valence-corrected chi connectivity index (χ2v) is 14.0. The Bertz CT molecular complexity index is 2020. The summed E-state index contributed by atoms with van der Waals surface area (Å²) in [5, 5.41) is 9.12. The van der Waals surface area contributed by atoms with Crippen LogP contribution in [0.15, 0.2) is 128 Å². The SMILES string of the molecule is Cc1cccnc1-c1ccc(NC(=O)C2CC(C(=O)Nc3ccc(-c4ncccc4C)cc3)CC(C(=O)Nc3ccc(-c4ncccc4C)cc3)C2)cc1. The monoisotopic (exact) mass is 714 g/mol. The van der Waals surface area contributed by atoms with E-state index in [0.29, 0.717) is 36.3 Å². The molecular formula is C45H42N6O3.